The number of ketones is 1. The van der Waals surface area contributed by atoms with E-state index in [4.69, 9.17) is 9.47 Å². The Balaban J connectivity index is 1.64. The van der Waals surface area contributed by atoms with Crippen LogP contribution in [-0.4, -0.2) is 29.5 Å². The normalized spacial score (nSPS) is 14.9. The molecule has 0 unspecified atom stereocenters. The number of carbonyl (C=O) groups excluding carboxylic acids is 1. The molecule has 0 bridgehead atoms. The molecule has 0 spiro atoms. The summed E-state index contributed by atoms with van der Waals surface area (Å²) in [5.74, 6) is 1.14. The maximum absolute atomic E-state index is 12.7. The van der Waals surface area contributed by atoms with Crippen LogP contribution in [0.25, 0.3) is 16.8 Å². The van der Waals surface area contributed by atoms with E-state index in [1.165, 1.54) is 11.3 Å². The number of rotatable bonds is 3. The molecular formula is C19H14N2O3S. The smallest absolute Gasteiger partial charge is 0.196 e. The van der Waals surface area contributed by atoms with Crippen LogP contribution in [0.5, 0.6) is 11.5 Å². The number of ether oxygens (including phenoxy) is 2. The molecule has 0 fully saturated rings. The molecule has 4 rings (SSSR count). The minimum absolute atomic E-state index is 0.0625. The molecule has 2 aromatic heterocycles. The lowest BCUT2D eigenvalue weighted by Gasteiger charge is -2.19. The largest absolute Gasteiger partial charge is 0.497 e. The summed E-state index contributed by atoms with van der Waals surface area (Å²) in [5.41, 5.74) is 2.62. The maximum atomic E-state index is 12.7. The molecule has 1 aliphatic heterocycles. The second-order valence-electron chi connectivity index (χ2n) is 5.44. The summed E-state index contributed by atoms with van der Waals surface area (Å²) in [6.45, 7) is 0.231. The van der Waals surface area contributed by atoms with Crippen LogP contribution >= 0.6 is 11.3 Å². The van der Waals surface area contributed by atoms with Crippen LogP contribution in [0.3, 0.4) is 0 Å². The van der Waals surface area contributed by atoms with Crippen molar-refractivity contribution in [1.82, 2.24) is 9.97 Å². The Morgan fingerprint density at radius 3 is 3.00 bits per heavy atom. The number of nitrogens with zero attached hydrogens (tertiary/aromatic N) is 2. The van der Waals surface area contributed by atoms with Crippen LogP contribution in [0.15, 0.2) is 53.5 Å². The van der Waals surface area contributed by atoms with Crippen LogP contribution in [-0.2, 0) is 0 Å². The van der Waals surface area contributed by atoms with Crippen molar-refractivity contribution in [1.29, 1.82) is 0 Å². The molecule has 0 saturated carbocycles. The van der Waals surface area contributed by atoms with Gasteiger partial charge in [-0.25, -0.2) is 4.98 Å². The molecule has 1 aliphatic rings. The van der Waals surface area contributed by atoms with Crippen LogP contribution in [0.2, 0.25) is 0 Å². The Labute approximate surface area is 148 Å². The van der Waals surface area contributed by atoms with Gasteiger partial charge >= 0.3 is 0 Å². The van der Waals surface area contributed by atoms with Gasteiger partial charge in [-0.05, 0) is 36.4 Å². The standard InChI is InChI=1S/C19H14N2O3S/c1-23-14-5-6-17-15(9-14)18(22)12(10-24-17)8-13-11-25-19(21-13)16-4-2-3-7-20-16/h2-9,11H,10H2,1H3. The summed E-state index contributed by atoms with van der Waals surface area (Å²) in [4.78, 5) is 21.6. The second-order valence-corrected chi connectivity index (χ2v) is 6.30. The molecule has 0 atom stereocenters. The predicted molar refractivity (Wildman–Crippen MR) is 96.1 cm³/mol. The zero-order chi connectivity index (χ0) is 17.2. The lowest BCUT2D eigenvalue weighted by molar-refractivity contribution is 0.100. The number of thiazole rings is 1. The first-order valence-corrected chi connectivity index (χ1v) is 8.55. The van der Waals surface area contributed by atoms with Crippen LogP contribution in [0.4, 0.5) is 0 Å². The van der Waals surface area contributed by atoms with Gasteiger partial charge in [0, 0.05) is 17.2 Å². The van der Waals surface area contributed by atoms with Gasteiger partial charge in [-0.15, -0.1) is 11.3 Å². The summed E-state index contributed by atoms with van der Waals surface area (Å²) in [5, 5.41) is 2.73. The highest BCUT2D eigenvalue weighted by molar-refractivity contribution is 7.13. The fourth-order valence-corrected chi connectivity index (χ4v) is 3.33. The van der Waals surface area contributed by atoms with E-state index < -0.39 is 0 Å². The third-order valence-electron chi connectivity index (χ3n) is 3.83. The Morgan fingerprint density at radius 1 is 1.28 bits per heavy atom. The van der Waals surface area contributed by atoms with Gasteiger partial charge in [0.2, 0.25) is 0 Å². The van der Waals surface area contributed by atoms with Crippen LogP contribution < -0.4 is 9.47 Å². The number of benzene rings is 1. The lowest BCUT2D eigenvalue weighted by Crippen LogP contribution is -2.19. The first-order chi connectivity index (χ1) is 12.2. The van der Waals surface area contributed by atoms with Gasteiger partial charge in [0.15, 0.2) is 5.78 Å². The van der Waals surface area contributed by atoms with Crippen LogP contribution in [0, 0.1) is 0 Å². The molecular weight excluding hydrogens is 336 g/mol. The predicted octanol–water partition coefficient (Wildman–Crippen LogP) is 3.87. The number of hydrogen-bond acceptors (Lipinski definition) is 6. The van der Waals surface area contributed by atoms with Crippen molar-refractivity contribution in [3.05, 3.63) is 64.8 Å². The number of hydrogen-bond donors (Lipinski definition) is 0. The van der Waals surface area contributed by atoms with E-state index in [1.807, 2.05) is 23.6 Å². The van der Waals surface area contributed by atoms with E-state index in [-0.39, 0.29) is 12.4 Å². The molecule has 6 heteroatoms. The zero-order valence-corrected chi connectivity index (χ0v) is 14.2. The molecule has 0 N–H and O–H groups in total. The fourth-order valence-electron chi connectivity index (χ4n) is 2.58. The average molecular weight is 350 g/mol. The third-order valence-corrected chi connectivity index (χ3v) is 4.72. The quantitative estimate of drug-likeness (QED) is 0.671. The number of aromatic nitrogens is 2. The van der Waals surface area contributed by atoms with E-state index in [0.717, 1.165) is 16.4 Å². The minimum atomic E-state index is -0.0625. The SMILES string of the molecule is COc1ccc2c(c1)C(=O)C(=Cc1csc(-c3ccccn3)n1)CO2. The van der Waals surface area contributed by atoms with E-state index >= 15 is 0 Å². The highest BCUT2D eigenvalue weighted by Gasteiger charge is 2.24. The Kier molecular flexibility index (Phi) is 4.03. The first kappa shape index (κ1) is 15.5. The Bertz CT molecular complexity index is 964. The Hall–Kier alpha value is -2.99. The molecule has 25 heavy (non-hydrogen) atoms. The highest BCUT2D eigenvalue weighted by atomic mass is 32.1. The number of fused-ring (bicyclic) bond motifs is 1. The molecule has 0 amide bonds. The van der Waals surface area contributed by atoms with Crippen molar-refractivity contribution in [2.24, 2.45) is 0 Å². The average Bonchev–Trinajstić information content (AvgIpc) is 3.13. The van der Waals surface area contributed by atoms with Gasteiger partial charge < -0.3 is 9.47 Å². The number of carbonyl (C=O) groups is 1. The maximum Gasteiger partial charge on any atom is 0.196 e. The molecule has 0 saturated heterocycles. The second kappa shape index (κ2) is 6.49. The molecule has 124 valence electrons. The molecule has 5 nitrogen and oxygen atoms in total. The van der Waals surface area contributed by atoms with Crippen molar-refractivity contribution in [3.8, 4) is 22.2 Å². The van der Waals surface area contributed by atoms with Crippen LogP contribution in [0.1, 0.15) is 16.1 Å². The highest BCUT2D eigenvalue weighted by Crippen LogP contribution is 2.31. The third kappa shape index (κ3) is 3.04. The Morgan fingerprint density at radius 2 is 2.20 bits per heavy atom. The van der Waals surface area contributed by atoms with E-state index in [2.05, 4.69) is 9.97 Å². The van der Waals surface area contributed by atoms with Gasteiger partial charge in [0.1, 0.15) is 23.1 Å². The van der Waals surface area contributed by atoms with Gasteiger partial charge in [0.05, 0.1) is 24.1 Å². The van der Waals surface area contributed by atoms with Gasteiger partial charge in [-0.3, -0.25) is 9.78 Å². The molecule has 0 radical (unpaired) electrons. The first-order valence-electron chi connectivity index (χ1n) is 7.67. The van der Waals surface area contributed by atoms with Crippen molar-refractivity contribution in [3.63, 3.8) is 0 Å². The minimum Gasteiger partial charge on any atom is -0.497 e. The van der Waals surface area contributed by atoms with E-state index in [0.29, 0.717) is 22.6 Å². The number of methoxy groups -OCH3 is 1. The molecule has 3 aromatic rings. The van der Waals surface area contributed by atoms with Gasteiger partial charge in [-0.1, -0.05) is 6.07 Å². The van der Waals surface area contributed by atoms with Crippen molar-refractivity contribution in [2.75, 3.05) is 13.7 Å². The fraction of sp³-hybridized carbons (Fsp3) is 0.105. The molecule has 3 heterocycles. The molecule has 1 aromatic carbocycles. The zero-order valence-electron chi connectivity index (χ0n) is 13.4. The monoisotopic (exact) mass is 350 g/mol. The number of pyridine rings is 1. The summed E-state index contributed by atoms with van der Waals surface area (Å²) in [6, 6.07) is 10.9. The van der Waals surface area contributed by atoms with Gasteiger partial charge in [-0.2, -0.15) is 0 Å². The van der Waals surface area contributed by atoms with E-state index in [9.17, 15) is 4.79 Å². The number of Topliss-reactive ketones (excluding diaryl/α,β-unsaturated/α-hetero) is 1. The topological polar surface area (TPSA) is 61.3 Å². The van der Waals surface area contributed by atoms with Crippen molar-refractivity contribution >= 4 is 23.2 Å². The lowest BCUT2D eigenvalue weighted by atomic mass is 9.99. The van der Waals surface area contributed by atoms with E-state index in [1.54, 1.807) is 37.6 Å². The van der Waals surface area contributed by atoms with Gasteiger partial charge in [0.25, 0.3) is 0 Å². The summed E-state index contributed by atoms with van der Waals surface area (Å²) in [6.07, 6.45) is 3.51. The molecule has 0 aliphatic carbocycles. The summed E-state index contributed by atoms with van der Waals surface area (Å²) < 4.78 is 10.9. The summed E-state index contributed by atoms with van der Waals surface area (Å²) in [7, 11) is 1.57. The van der Waals surface area contributed by atoms with Crippen molar-refractivity contribution < 1.29 is 14.3 Å². The van der Waals surface area contributed by atoms with Crippen molar-refractivity contribution in [2.45, 2.75) is 0 Å². The summed E-state index contributed by atoms with van der Waals surface area (Å²) >= 11 is 1.49.